The zero-order chi connectivity index (χ0) is 14.0. The Labute approximate surface area is 112 Å². The molecular formula is C12H10N2O4S. The summed E-state index contributed by atoms with van der Waals surface area (Å²) in [7, 11) is 0. The van der Waals surface area contributed by atoms with Gasteiger partial charge in [0.25, 0.3) is 11.6 Å². The molecule has 0 atom stereocenters. The van der Waals surface area contributed by atoms with Gasteiger partial charge in [-0.25, -0.2) is 0 Å². The van der Waals surface area contributed by atoms with E-state index < -0.39 is 10.8 Å². The number of rotatable bonds is 3. The molecule has 0 aliphatic heterocycles. The SMILES string of the molecule is Cc1cscc1C(=O)Nc1cc([N+](=O)[O-])ccc1O. The minimum absolute atomic E-state index is 0.0183. The summed E-state index contributed by atoms with van der Waals surface area (Å²) < 4.78 is 0. The van der Waals surface area contributed by atoms with Crippen LogP contribution in [0.15, 0.2) is 29.0 Å². The van der Waals surface area contributed by atoms with Crippen LogP contribution in [0.5, 0.6) is 5.75 Å². The Hall–Kier alpha value is -2.41. The van der Waals surface area contributed by atoms with Crippen molar-refractivity contribution in [2.24, 2.45) is 0 Å². The van der Waals surface area contributed by atoms with Crippen LogP contribution in [-0.2, 0) is 0 Å². The maximum Gasteiger partial charge on any atom is 0.271 e. The predicted octanol–water partition coefficient (Wildman–Crippen LogP) is 2.92. The summed E-state index contributed by atoms with van der Waals surface area (Å²) in [6, 6.07) is 3.46. The number of aryl methyl sites for hydroxylation is 1. The normalized spacial score (nSPS) is 10.2. The number of nitrogens with zero attached hydrogens (tertiary/aromatic N) is 1. The summed E-state index contributed by atoms with van der Waals surface area (Å²) in [5.41, 5.74) is 1.11. The van der Waals surface area contributed by atoms with Crippen LogP contribution in [0.3, 0.4) is 0 Å². The van der Waals surface area contributed by atoms with Crippen LogP contribution in [0.1, 0.15) is 15.9 Å². The molecule has 0 saturated heterocycles. The van der Waals surface area contributed by atoms with Gasteiger partial charge in [-0.15, -0.1) is 0 Å². The minimum Gasteiger partial charge on any atom is -0.506 e. The van der Waals surface area contributed by atoms with Crippen molar-refractivity contribution in [1.29, 1.82) is 0 Å². The van der Waals surface area contributed by atoms with E-state index in [1.807, 2.05) is 5.38 Å². The van der Waals surface area contributed by atoms with Crippen molar-refractivity contribution in [1.82, 2.24) is 0 Å². The molecular weight excluding hydrogens is 268 g/mol. The lowest BCUT2D eigenvalue weighted by Gasteiger charge is -2.06. The number of anilines is 1. The molecule has 0 aliphatic rings. The van der Waals surface area contributed by atoms with E-state index in [2.05, 4.69) is 5.32 Å². The number of amides is 1. The van der Waals surface area contributed by atoms with Crippen LogP contribution in [0, 0.1) is 17.0 Å². The van der Waals surface area contributed by atoms with Crippen LogP contribution in [0.4, 0.5) is 11.4 Å². The van der Waals surface area contributed by atoms with Crippen molar-refractivity contribution >= 4 is 28.6 Å². The molecule has 0 unspecified atom stereocenters. The number of nitro benzene ring substituents is 1. The van der Waals surface area contributed by atoms with Gasteiger partial charge in [-0.05, 0) is 23.9 Å². The molecule has 19 heavy (non-hydrogen) atoms. The third-order valence-corrected chi connectivity index (χ3v) is 3.40. The molecule has 2 rings (SSSR count). The molecule has 0 bridgehead atoms. The Bertz CT molecular complexity index is 651. The molecule has 0 aliphatic carbocycles. The number of hydrogen-bond donors (Lipinski definition) is 2. The molecule has 98 valence electrons. The first-order chi connectivity index (χ1) is 8.99. The molecule has 1 heterocycles. The van der Waals surface area contributed by atoms with Crippen LogP contribution in [-0.4, -0.2) is 15.9 Å². The number of hydrogen-bond acceptors (Lipinski definition) is 5. The fraction of sp³-hybridized carbons (Fsp3) is 0.0833. The van der Waals surface area contributed by atoms with Crippen LogP contribution < -0.4 is 5.32 Å². The summed E-state index contributed by atoms with van der Waals surface area (Å²) in [4.78, 5) is 22.0. The average Bonchev–Trinajstić information content (AvgIpc) is 2.78. The first-order valence-electron chi connectivity index (χ1n) is 5.30. The van der Waals surface area contributed by atoms with Gasteiger partial charge < -0.3 is 10.4 Å². The van der Waals surface area contributed by atoms with Crippen LogP contribution in [0.25, 0.3) is 0 Å². The molecule has 0 radical (unpaired) electrons. The number of phenolic OH excluding ortho intramolecular Hbond substituents is 1. The first-order valence-corrected chi connectivity index (χ1v) is 6.25. The van der Waals surface area contributed by atoms with E-state index in [1.165, 1.54) is 23.5 Å². The molecule has 2 aromatic rings. The highest BCUT2D eigenvalue weighted by molar-refractivity contribution is 7.08. The van der Waals surface area contributed by atoms with E-state index in [9.17, 15) is 20.0 Å². The summed E-state index contributed by atoms with van der Waals surface area (Å²) >= 11 is 1.39. The van der Waals surface area contributed by atoms with Gasteiger partial charge in [0.15, 0.2) is 0 Å². The molecule has 7 heteroatoms. The number of carbonyl (C=O) groups is 1. The molecule has 1 aromatic heterocycles. The number of carbonyl (C=O) groups excluding carboxylic acids is 1. The predicted molar refractivity (Wildman–Crippen MR) is 71.8 cm³/mol. The van der Waals surface area contributed by atoms with Gasteiger partial charge in [-0.3, -0.25) is 14.9 Å². The fourth-order valence-electron chi connectivity index (χ4n) is 1.52. The fourth-order valence-corrected chi connectivity index (χ4v) is 2.35. The van der Waals surface area contributed by atoms with Crippen molar-refractivity contribution in [3.63, 3.8) is 0 Å². The van der Waals surface area contributed by atoms with Gasteiger partial charge in [0.1, 0.15) is 5.75 Å². The highest BCUT2D eigenvalue weighted by Gasteiger charge is 2.15. The number of thiophene rings is 1. The largest absolute Gasteiger partial charge is 0.506 e. The quantitative estimate of drug-likeness (QED) is 0.513. The number of non-ortho nitro benzene ring substituents is 1. The molecule has 2 N–H and O–H groups in total. The third-order valence-electron chi connectivity index (χ3n) is 2.54. The van der Waals surface area contributed by atoms with Crippen molar-refractivity contribution in [2.75, 3.05) is 5.32 Å². The standard InChI is InChI=1S/C12H10N2O4S/c1-7-5-19-6-9(7)12(16)13-10-4-8(14(17)18)2-3-11(10)15/h2-6,15H,1H3,(H,13,16). The van der Waals surface area contributed by atoms with Gasteiger partial charge in [-0.1, -0.05) is 0 Å². The zero-order valence-electron chi connectivity index (χ0n) is 9.91. The minimum atomic E-state index is -0.592. The Morgan fingerprint density at radius 2 is 2.16 bits per heavy atom. The van der Waals surface area contributed by atoms with Crippen LogP contribution >= 0.6 is 11.3 Å². The Morgan fingerprint density at radius 3 is 2.74 bits per heavy atom. The lowest BCUT2D eigenvalue weighted by atomic mass is 10.2. The second kappa shape index (κ2) is 5.07. The summed E-state index contributed by atoms with van der Waals surface area (Å²) in [5.74, 6) is -0.624. The van der Waals surface area contributed by atoms with Gasteiger partial charge in [0.05, 0.1) is 16.2 Å². The topological polar surface area (TPSA) is 92.5 Å². The zero-order valence-corrected chi connectivity index (χ0v) is 10.7. The van der Waals surface area contributed by atoms with E-state index in [0.29, 0.717) is 5.56 Å². The lowest BCUT2D eigenvalue weighted by Crippen LogP contribution is -2.12. The van der Waals surface area contributed by atoms with Crippen molar-refractivity contribution < 1.29 is 14.8 Å². The van der Waals surface area contributed by atoms with Crippen molar-refractivity contribution in [3.8, 4) is 5.75 Å². The Morgan fingerprint density at radius 1 is 1.42 bits per heavy atom. The molecule has 0 fully saturated rings. The maximum absolute atomic E-state index is 11.9. The van der Waals surface area contributed by atoms with Crippen LogP contribution in [0.2, 0.25) is 0 Å². The maximum atomic E-state index is 11.9. The number of nitro groups is 1. The lowest BCUT2D eigenvalue weighted by molar-refractivity contribution is -0.384. The van der Waals surface area contributed by atoms with E-state index in [-0.39, 0.29) is 17.1 Å². The third kappa shape index (κ3) is 2.71. The van der Waals surface area contributed by atoms with Gasteiger partial charge in [0.2, 0.25) is 0 Å². The monoisotopic (exact) mass is 278 g/mol. The second-order valence-corrected chi connectivity index (χ2v) is 4.62. The van der Waals surface area contributed by atoms with E-state index in [4.69, 9.17) is 0 Å². The van der Waals surface area contributed by atoms with Gasteiger partial charge in [-0.2, -0.15) is 11.3 Å². The Balaban J connectivity index is 2.28. The molecule has 1 aromatic carbocycles. The van der Waals surface area contributed by atoms with E-state index in [0.717, 1.165) is 11.6 Å². The highest BCUT2D eigenvalue weighted by atomic mass is 32.1. The summed E-state index contributed by atoms with van der Waals surface area (Å²) in [5, 5.41) is 26.2. The number of phenols is 1. The molecule has 0 saturated carbocycles. The van der Waals surface area contributed by atoms with Gasteiger partial charge in [0, 0.05) is 17.5 Å². The van der Waals surface area contributed by atoms with Gasteiger partial charge >= 0.3 is 0 Å². The Kier molecular flexibility index (Phi) is 3.48. The smallest absolute Gasteiger partial charge is 0.271 e. The molecule has 1 amide bonds. The summed E-state index contributed by atoms with van der Waals surface area (Å²) in [6.45, 7) is 1.79. The molecule has 6 nitrogen and oxygen atoms in total. The first kappa shape index (κ1) is 13.0. The molecule has 0 spiro atoms. The summed E-state index contributed by atoms with van der Waals surface area (Å²) in [6.07, 6.45) is 0. The van der Waals surface area contributed by atoms with Crippen molar-refractivity contribution in [2.45, 2.75) is 6.92 Å². The highest BCUT2D eigenvalue weighted by Crippen LogP contribution is 2.28. The average molecular weight is 278 g/mol. The van der Waals surface area contributed by atoms with Crippen molar-refractivity contribution in [3.05, 3.63) is 50.2 Å². The number of nitrogens with one attached hydrogen (secondary N) is 1. The van der Waals surface area contributed by atoms with E-state index >= 15 is 0 Å². The van der Waals surface area contributed by atoms with E-state index in [1.54, 1.807) is 12.3 Å². The second-order valence-electron chi connectivity index (χ2n) is 3.88. The number of aromatic hydroxyl groups is 1. The number of benzene rings is 1.